The summed E-state index contributed by atoms with van der Waals surface area (Å²) >= 11 is 1.54. The molecule has 4 rings (SSSR count). The summed E-state index contributed by atoms with van der Waals surface area (Å²) < 4.78 is 3.40. The van der Waals surface area contributed by atoms with Crippen LogP contribution in [0.4, 0.5) is 5.82 Å². The Morgan fingerprint density at radius 2 is 1.87 bits per heavy atom. The molecule has 0 atom stereocenters. The molecule has 23 heavy (non-hydrogen) atoms. The van der Waals surface area contributed by atoms with E-state index in [1.807, 2.05) is 30.5 Å². The molecular weight excluding hydrogens is 302 g/mol. The predicted octanol–water partition coefficient (Wildman–Crippen LogP) is 5.10. The van der Waals surface area contributed by atoms with Gasteiger partial charge in [0.05, 0.1) is 11.6 Å². The van der Waals surface area contributed by atoms with E-state index >= 15 is 0 Å². The third kappa shape index (κ3) is 2.88. The summed E-state index contributed by atoms with van der Waals surface area (Å²) in [7, 11) is 0. The molecule has 1 aliphatic carbocycles. The van der Waals surface area contributed by atoms with Crippen LogP contribution in [0.5, 0.6) is 0 Å². The molecule has 0 aliphatic heterocycles. The SMILES string of the molecule is N#Cc1ccc(SNc2ncc3ccccc3c2C2CC2)cc1. The first-order valence-corrected chi connectivity index (χ1v) is 8.47. The van der Waals surface area contributed by atoms with E-state index in [0.717, 1.165) is 10.7 Å². The molecule has 4 heteroatoms. The van der Waals surface area contributed by atoms with Gasteiger partial charge in [0.25, 0.3) is 0 Å². The van der Waals surface area contributed by atoms with Gasteiger partial charge in [-0.2, -0.15) is 5.26 Å². The molecule has 0 saturated heterocycles. The predicted molar refractivity (Wildman–Crippen MR) is 94.4 cm³/mol. The number of hydrogen-bond acceptors (Lipinski definition) is 4. The van der Waals surface area contributed by atoms with Crippen LogP contribution in [0.1, 0.15) is 29.9 Å². The second-order valence-corrected chi connectivity index (χ2v) is 6.60. The number of aromatic nitrogens is 1. The number of rotatable bonds is 4. The highest BCUT2D eigenvalue weighted by Crippen LogP contribution is 2.46. The average molecular weight is 317 g/mol. The van der Waals surface area contributed by atoms with Crippen molar-refractivity contribution in [2.24, 2.45) is 0 Å². The molecule has 112 valence electrons. The Kier molecular flexibility index (Phi) is 3.64. The lowest BCUT2D eigenvalue weighted by Gasteiger charge is -2.12. The zero-order valence-corrected chi connectivity index (χ0v) is 13.3. The number of nitrogens with one attached hydrogen (secondary N) is 1. The van der Waals surface area contributed by atoms with Gasteiger partial charge in [-0.05, 0) is 60.4 Å². The van der Waals surface area contributed by atoms with Gasteiger partial charge in [-0.3, -0.25) is 0 Å². The minimum atomic E-state index is 0.623. The summed E-state index contributed by atoms with van der Waals surface area (Å²) in [6, 6.07) is 18.2. The Balaban J connectivity index is 1.63. The number of hydrogen-bond donors (Lipinski definition) is 1. The highest BCUT2D eigenvalue weighted by molar-refractivity contribution is 8.00. The van der Waals surface area contributed by atoms with E-state index in [9.17, 15) is 0 Å². The van der Waals surface area contributed by atoms with E-state index in [-0.39, 0.29) is 0 Å². The fourth-order valence-electron chi connectivity index (χ4n) is 2.76. The summed E-state index contributed by atoms with van der Waals surface area (Å²) in [5.74, 6) is 1.58. The van der Waals surface area contributed by atoms with E-state index in [2.05, 4.69) is 40.0 Å². The lowest BCUT2D eigenvalue weighted by molar-refractivity contribution is 1.13. The van der Waals surface area contributed by atoms with Crippen molar-refractivity contribution in [2.45, 2.75) is 23.7 Å². The van der Waals surface area contributed by atoms with Crippen molar-refractivity contribution in [1.82, 2.24) is 4.98 Å². The third-order valence-corrected chi connectivity index (χ3v) is 4.88. The van der Waals surface area contributed by atoms with Crippen molar-refractivity contribution in [2.75, 3.05) is 4.72 Å². The Bertz CT molecular complexity index is 893. The van der Waals surface area contributed by atoms with Crippen LogP contribution in [0.25, 0.3) is 10.8 Å². The normalized spacial score (nSPS) is 13.7. The summed E-state index contributed by atoms with van der Waals surface area (Å²) in [6.45, 7) is 0. The number of benzene rings is 2. The van der Waals surface area contributed by atoms with Crippen molar-refractivity contribution >= 4 is 28.5 Å². The monoisotopic (exact) mass is 317 g/mol. The molecule has 0 radical (unpaired) electrons. The second kappa shape index (κ2) is 5.94. The molecule has 1 aliphatic rings. The van der Waals surface area contributed by atoms with E-state index in [4.69, 9.17) is 5.26 Å². The van der Waals surface area contributed by atoms with E-state index in [1.165, 1.54) is 41.1 Å². The van der Waals surface area contributed by atoms with Crippen LogP contribution >= 0.6 is 11.9 Å². The van der Waals surface area contributed by atoms with Gasteiger partial charge in [-0.15, -0.1) is 0 Å². The largest absolute Gasteiger partial charge is 0.310 e. The Morgan fingerprint density at radius 3 is 2.61 bits per heavy atom. The molecule has 1 heterocycles. The van der Waals surface area contributed by atoms with Crippen LogP contribution in [0.3, 0.4) is 0 Å². The zero-order chi connectivity index (χ0) is 15.6. The lowest BCUT2D eigenvalue weighted by atomic mass is 10.0. The maximum Gasteiger partial charge on any atom is 0.140 e. The van der Waals surface area contributed by atoms with Gasteiger partial charge in [0.2, 0.25) is 0 Å². The molecule has 1 N–H and O–H groups in total. The van der Waals surface area contributed by atoms with Crippen molar-refractivity contribution in [1.29, 1.82) is 5.26 Å². The molecule has 1 fully saturated rings. The molecular formula is C19H15N3S. The Hall–Kier alpha value is -2.51. The molecule has 0 bridgehead atoms. The van der Waals surface area contributed by atoms with Gasteiger partial charge in [0, 0.05) is 22.0 Å². The maximum atomic E-state index is 8.86. The Labute approximate surface area is 139 Å². The summed E-state index contributed by atoms with van der Waals surface area (Å²) in [5, 5.41) is 11.4. The number of fused-ring (bicyclic) bond motifs is 1. The zero-order valence-electron chi connectivity index (χ0n) is 12.5. The van der Waals surface area contributed by atoms with Crippen LogP contribution in [0.15, 0.2) is 59.6 Å². The van der Waals surface area contributed by atoms with Gasteiger partial charge in [0.1, 0.15) is 5.82 Å². The quantitative estimate of drug-likeness (QED) is 0.680. The number of nitrogens with zero attached hydrogens (tertiary/aromatic N) is 2. The first-order valence-electron chi connectivity index (χ1n) is 7.66. The van der Waals surface area contributed by atoms with Crippen LogP contribution < -0.4 is 4.72 Å². The number of anilines is 1. The van der Waals surface area contributed by atoms with Gasteiger partial charge in [0.15, 0.2) is 0 Å². The van der Waals surface area contributed by atoms with Crippen LogP contribution in [-0.4, -0.2) is 4.98 Å². The topological polar surface area (TPSA) is 48.7 Å². The summed E-state index contributed by atoms with van der Waals surface area (Å²) in [6.07, 6.45) is 4.42. The maximum absolute atomic E-state index is 8.86. The molecule has 0 spiro atoms. The van der Waals surface area contributed by atoms with Crippen LogP contribution in [0, 0.1) is 11.3 Å². The number of pyridine rings is 1. The van der Waals surface area contributed by atoms with Crippen molar-refractivity contribution in [3.05, 3.63) is 65.9 Å². The first-order chi connectivity index (χ1) is 11.3. The van der Waals surface area contributed by atoms with Crippen molar-refractivity contribution in [3.8, 4) is 6.07 Å². The summed E-state index contributed by atoms with van der Waals surface area (Å²) in [5.41, 5.74) is 2.01. The summed E-state index contributed by atoms with van der Waals surface area (Å²) in [4.78, 5) is 5.70. The van der Waals surface area contributed by atoms with E-state index < -0.39 is 0 Å². The van der Waals surface area contributed by atoms with Crippen molar-refractivity contribution in [3.63, 3.8) is 0 Å². The molecule has 2 aromatic carbocycles. The molecule has 3 aromatic rings. The number of nitriles is 1. The fraction of sp³-hybridized carbons (Fsp3) is 0.158. The highest BCUT2D eigenvalue weighted by Gasteiger charge is 2.28. The van der Waals surface area contributed by atoms with Gasteiger partial charge >= 0.3 is 0 Å². The van der Waals surface area contributed by atoms with Crippen LogP contribution in [-0.2, 0) is 0 Å². The van der Waals surface area contributed by atoms with Crippen molar-refractivity contribution < 1.29 is 0 Å². The lowest BCUT2D eigenvalue weighted by Crippen LogP contribution is -1.97. The van der Waals surface area contributed by atoms with Gasteiger partial charge < -0.3 is 4.72 Å². The fourth-order valence-corrected chi connectivity index (χ4v) is 3.41. The van der Waals surface area contributed by atoms with E-state index in [1.54, 1.807) is 0 Å². The first kappa shape index (κ1) is 14.1. The minimum absolute atomic E-state index is 0.623. The molecule has 3 nitrogen and oxygen atoms in total. The second-order valence-electron chi connectivity index (χ2n) is 5.72. The Morgan fingerprint density at radius 1 is 1.09 bits per heavy atom. The standard InChI is InChI=1S/C19H15N3S/c20-11-13-5-9-16(10-6-13)23-22-19-18(14-7-8-14)17-4-2-1-3-15(17)12-21-19/h1-6,9-10,12,14H,7-8H2,(H,21,22). The minimum Gasteiger partial charge on any atom is -0.310 e. The third-order valence-electron chi connectivity index (χ3n) is 4.07. The smallest absolute Gasteiger partial charge is 0.140 e. The molecule has 1 aromatic heterocycles. The average Bonchev–Trinajstić information content (AvgIpc) is 3.44. The highest BCUT2D eigenvalue weighted by atomic mass is 32.2. The van der Waals surface area contributed by atoms with Gasteiger partial charge in [-0.25, -0.2) is 4.98 Å². The van der Waals surface area contributed by atoms with E-state index in [0.29, 0.717) is 11.5 Å². The molecule has 1 saturated carbocycles. The van der Waals surface area contributed by atoms with Crippen LogP contribution in [0.2, 0.25) is 0 Å². The van der Waals surface area contributed by atoms with Gasteiger partial charge in [-0.1, -0.05) is 24.3 Å². The molecule has 0 unspecified atom stereocenters. The molecule has 0 amide bonds.